The fourth-order valence-corrected chi connectivity index (χ4v) is 3.81. The first-order valence-electron chi connectivity index (χ1n) is 10.4. The number of piperidine rings is 1. The van der Waals surface area contributed by atoms with Gasteiger partial charge in [0.1, 0.15) is 6.04 Å². The molecule has 1 aromatic rings. The Balaban J connectivity index is 1.55. The normalized spacial score (nSPS) is 18.9. The van der Waals surface area contributed by atoms with Gasteiger partial charge in [0.05, 0.1) is 11.1 Å². The number of amides is 4. The minimum atomic E-state index is -0.937. The van der Waals surface area contributed by atoms with E-state index >= 15 is 0 Å². The Labute approximate surface area is 175 Å². The Morgan fingerprint density at radius 1 is 1.13 bits per heavy atom. The van der Waals surface area contributed by atoms with Gasteiger partial charge in [-0.15, -0.1) is 0 Å². The van der Waals surface area contributed by atoms with Crippen molar-refractivity contribution in [2.45, 2.75) is 38.3 Å². The van der Waals surface area contributed by atoms with E-state index in [1.54, 1.807) is 12.1 Å². The third-order valence-corrected chi connectivity index (χ3v) is 5.47. The Bertz CT molecular complexity index is 841. The van der Waals surface area contributed by atoms with E-state index in [0.29, 0.717) is 24.2 Å². The molecule has 3 rings (SSSR count). The van der Waals surface area contributed by atoms with Gasteiger partial charge in [-0.05, 0) is 70.2 Å². The van der Waals surface area contributed by atoms with Crippen LogP contribution < -0.4 is 16.4 Å². The van der Waals surface area contributed by atoms with Gasteiger partial charge in [-0.1, -0.05) is 6.07 Å². The van der Waals surface area contributed by atoms with Gasteiger partial charge in [0, 0.05) is 13.0 Å². The molecule has 1 aromatic carbocycles. The third-order valence-electron chi connectivity index (χ3n) is 5.47. The zero-order valence-corrected chi connectivity index (χ0v) is 17.3. The molecule has 1 fully saturated rings. The van der Waals surface area contributed by atoms with Crippen LogP contribution in [0.3, 0.4) is 0 Å². The van der Waals surface area contributed by atoms with E-state index in [1.165, 1.54) is 0 Å². The summed E-state index contributed by atoms with van der Waals surface area (Å²) in [5.41, 5.74) is 7.03. The van der Waals surface area contributed by atoms with Crippen LogP contribution in [0.25, 0.3) is 0 Å². The van der Waals surface area contributed by atoms with Crippen molar-refractivity contribution in [3.63, 3.8) is 0 Å². The zero-order chi connectivity index (χ0) is 21.7. The monoisotopic (exact) mass is 415 g/mol. The van der Waals surface area contributed by atoms with Crippen molar-refractivity contribution in [3.05, 3.63) is 34.9 Å². The molecule has 0 bridgehead atoms. The lowest BCUT2D eigenvalue weighted by Crippen LogP contribution is -2.54. The molecule has 0 aliphatic carbocycles. The number of nitrogens with two attached hydrogens (primary N) is 1. The van der Waals surface area contributed by atoms with Crippen LogP contribution in [-0.2, 0) is 16.1 Å². The van der Waals surface area contributed by atoms with Crippen LogP contribution in [0.2, 0.25) is 0 Å². The van der Waals surface area contributed by atoms with Gasteiger partial charge in [-0.3, -0.25) is 29.4 Å². The van der Waals surface area contributed by atoms with E-state index in [-0.39, 0.29) is 18.7 Å². The van der Waals surface area contributed by atoms with Gasteiger partial charge < -0.3 is 16.0 Å². The lowest BCUT2D eigenvalue weighted by Gasteiger charge is -2.27. The molecule has 0 spiro atoms. The van der Waals surface area contributed by atoms with Crippen molar-refractivity contribution in [1.29, 1.82) is 0 Å². The van der Waals surface area contributed by atoms with Crippen molar-refractivity contribution in [2.75, 3.05) is 33.2 Å². The van der Waals surface area contributed by atoms with Gasteiger partial charge >= 0.3 is 0 Å². The number of benzene rings is 1. The maximum Gasteiger partial charge on any atom is 0.262 e. The van der Waals surface area contributed by atoms with Crippen molar-refractivity contribution in [2.24, 2.45) is 5.73 Å². The number of fused-ring (bicyclic) bond motifs is 1. The predicted molar refractivity (Wildman–Crippen MR) is 111 cm³/mol. The van der Waals surface area contributed by atoms with E-state index in [2.05, 4.69) is 22.6 Å². The summed E-state index contributed by atoms with van der Waals surface area (Å²) < 4.78 is 0. The average molecular weight is 415 g/mol. The summed E-state index contributed by atoms with van der Waals surface area (Å²) in [6, 6.07) is 4.23. The topological polar surface area (TPSA) is 125 Å². The molecule has 0 saturated carbocycles. The highest BCUT2D eigenvalue weighted by atomic mass is 16.2. The second-order valence-electron chi connectivity index (χ2n) is 7.80. The molecule has 1 unspecified atom stereocenters. The maximum absolute atomic E-state index is 12.8. The average Bonchev–Trinajstić information content (AvgIpc) is 2.96. The number of nitrogens with zero attached hydrogens (tertiary/aromatic N) is 2. The summed E-state index contributed by atoms with van der Waals surface area (Å²) in [5.74, 6) is -1.94. The predicted octanol–water partition coefficient (Wildman–Crippen LogP) is -0.152. The second kappa shape index (κ2) is 9.92. The molecule has 0 aromatic heterocycles. The summed E-state index contributed by atoms with van der Waals surface area (Å²) in [6.07, 6.45) is 2.25. The van der Waals surface area contributed by atoms with Crippen LogP contribution in [0.5, 0.6) is 0 Å². The van der Waals surface area contributed by atoms with E-state index in [9.17, 15) is 19.2 Å². The van der Waals surface area contributed by atoms with Crippen molar-refractivity contribution < 1.29 is 19.2 Å². The summed E-state index contributed by atoms with van der Waals surface area (Å²) in [7, 11) is 2.08. The quantitative estimate of drug-likeness (QED) is 0.358. The molecular formula is C21H29N5O4. The van der Waals surface area contributed by atoms with E-state index < -0.39 is 23.8 Å². The Hall–Kier alpha value is -2.62. The number of hydrogen-bond acceptors (Lipinski definition) is 7. The summed E-state index contributed by atoms with van der Waals surface area (Å²) in [5, 5.41) is 5.55. The lowest BCUT2D eigenvalue weighted by molar-refractivity contribution is -0.136. The molecule has 0 radical (unpaired) electrons. The molecule has 30 heavy (non-hydrogen) atoms. The Kier molecular flexibility index (Phi) is 7.30. The van der Waals surface area contributed by atoms with Crippen LogP contribution >= 0.6 is 0 Å². The maximum atomic E-state index is 12.8. The van der Waals surface area contributed by atoms with Gasteiger partial charge in [-0.2, -0.15) is 0 Å². The zero-order valence-electron chi connectivity index (χ0n) is 17.3. The molecule has 2 heterocycles. The minimum absolute atomic E-state index is 0.112. The molecule has 9 nitrogen and oxygen atoms in total. The first-order chi connectivity index (χ1) is 14.4. The van der Waals surface area contributed by atoms with Crippen molar-refractivity contribution in [1.82, 2.24) is 20.4 Å². The van der Waals surface area contributed by atoms with Gasteiger partial charge in [0.2, 0.25) is 11.8 Å². The molecule has 1 saturated heterocycles. The number of imide groups is 2. The van der Waals surface area contributed by atoms with E-state index in [4.69, 9.17) is 5.73 Å². The minimum Gasteiger partial charge on any atom is -0.330 e. The molecule has 4 amide bonds. The number of rotatable bonds is 10. The number of carbonyl (C=O) groups excluding carboxylic acids is 4. The van der Waals surface area contributed by atoms with Gasteiger partial charge in [-0.25, -0.2) is 0 Å². The van der Waals surface area contributed by atoms with Crippen LogP contribution in [0, 0.1) is 0 Å². The largest absolute Gasteiger partial charge is 0.330 e. The lowest BCUT2D eigenvalue weighted by atomic mass is 10.0. The van der Waals surface area contributed by atoms with Crippen molar-refractivity contribution in [3.8, 4) is 0 Å². The highest BCUT2D eigenvalue weighted by Gasteiger charge is 2.44. The summed E-state index contributed by atoms with van der Waals surface area (Å²) in [4.78, 5) is 52.2. The van der Waals surface area contributed by atoms with Gasteiger partial charge in [0.25, 0.3) is 11.8 Å². The summed E-state index contributed by atoms with van der Waals surface area (Å²) >= 11 is 0. The van der Waals surface area contributed by atoms with Crippen molar-refractivity contribution >= 4 is 23.6 Å². The highest BCUT2D eigenvalue weighted by Crippen LogP contribution is 2.28. The number of hydrogen-bond donors (Lipinski definition) is 3. The fraction of sp³-hybridized carbons (Fsp3) is 0.524. The third kappa shape index (κ3) is 4.92. The molecular weight excluding hydrogens is 386 g/mol. The smallest absolute Gasteiger partial charge is 0.262 e. The van der Waals surface area contributed by atoms with Crippen LogP contribution in [0.15, 0.2) is 18.2 Å². The molecule has 162 valence electrons. The molecule has 2 aliphatic heterocycles. The van der Waals surface area contributed by atoms with Crippen LogP contribution in [-0.4, -0.2) is 72.7 Å². The second-order valence-corrected chi connectivity index (χ2v) is 7.80. The standard InChI is InChI=1S/C21H29N5O4/c1-25(10-2-8-22)11-3-9-23-13-14-4-5-15-16(12-14)21(30)26(20(15)29)17-6-7-18(27)24-19(17)28/h4-5,12,17,23H,2-3,6-11,13,22H2,1H3,(H,24,27,28). The van der Waals surface area contributed by atoms with Crippen LogP contribution in [0.4, 0.5) is 0 Å². The SMILES string of the molecule is CN(CCCN)CCCNCc1ccc2c(c1)C(=O)N(C1CCC(=O)NC1=O)C2=O. The van der Waals surface area contributed by atoms with E-state index in [1.807, 2.05) is 6.07 Å². The first kappa shape index (κ1) is 22.1. The molecule has 2 aliphatic rings. The highest BCUT2D eigenvalue weighted by molar-refractivity contribution is 6.23. The molecule has 9 heteroatoms. The molecule has 4 N–H and O–H groups in total. The number of nitrogens with one attached hydrogen (secondary N) is 2. The fourth-order valence-electron chi connectivity index (χ4n) is 3.81. The Morgan fingerprint density at radius 3 is 2.60 bits per heavy atom. The Morgan fingerprint density at radius 2 is 1.87 bits per heavy atom. The number of carbonyl (C=O) groups is 4. The first-order valence-corrected chi connectivity index (χ1v) is 10.4. The summed E-state index contributed by atoms with van der Waals surface area (Å²) in [6.45, 7) is 4.08. The van der Waals surface area contributed by atoms with Crippen LogP contribution in [0.1, 0.15) is 52.0 Å². The van der Waals surface area contributed by atoms with Gasteiger partial charge in [0.15, 0.2) is 0 Å². The van der Waals surface area contributed by atoms with E-state index in [0.717, 1.165) is 42.9 Å². The molecule has 1 atom stereocenters.